The number of hydrogen-bond acceptors (Lipinski definition) is 6. The first-order chi connectivity index (χ1) is 13.7. The molecule has 1 N–H and O–H groups in total. The molecule has 0 amide bonds. The number of guanidine groups is 1. The number of aromatic nitrogens is 2. The number of rotatable bonds is 5. The van der Waals surface area contributed by atoms with Crippen LogP contribution in [0.5, 0.6) is 0 Å². The molecule has 1 aliphatic heterocycles. The molecule has 0 radical (unpaired) electrons. The summed E-state index contributed by atoms with van der Waals surface area (Å²) in [6.45, 7) is 7.49. The summed E-state index contributed by atoms with van der Waals surface area (Å²) in [6, 6.07) is 7.23. The molecule has 1 fully saturated rings. The highest BCUT2D eigenvalue weighted by Crippen LogP contribution is 2.24. The Labute approximate surface area is 176 Å². The van der Waals surface area contributed by atoms with Gasteiger partial charge in [-0.3, -0.25) is 4.99 Å². The molecule has 10 heteroatoms. The number of nitrogens with one attached hydrogen (secondary N) is 1. The fourth-order valence-corrected chi connectivity index (χ4v) is 4.57. The van der Waals surface area contributed by atoms with Gasteiger partial charge in [0, 0.05) is 36.6 Å². The Balaban J connectivity index is 1.65. The lowest BCUT2D eigenvalue weighted by atomic mass is 10.2. The third-order valence-corrected chi connectivity index (χ3v) is 7.62. The monoisotopic (exact) mass is 439 g/mol. The highest BCUT2D eigenvalue weighted by atomic mass is 35.5. The smallest absolute Gasteiger partial charge is 0.228 e. The Kier molecular flexibility index (Phi) is 6.48. The summed E-state index contributed by atoms with van der Waals surface area (Å²) in [7, 11) is -3.10. The molecule has 1 saturated heterocycles. The van der Waals surface area contributed by atoms with Gasteiger partial charge in [-0.2, -0.15) is 4.98 Å². The average Bonchev–Trinajstić information content (AvgIpc) is 3.13. The van der Waals surface area contributed by atoms with Crippen LogP contribution in [0.4, 0.5) is 0 Å². The predicted molar refractivity (Wildman–Crippen MR) is 114 cm³/mol. The van der Waals surface area contributed by atoms with E-state index in [9.17, 15) is 8.42 Å². The minimum absolute atomic E-state index is 0.124. The molecule has 0 saturated carbocycles. The van der Waals surface area contributed by atoms with E-state index in [1.165, 1.54) is 0 Å². The van der Waals surface area contributed by atoms with Crippen molar-refractivity contribution < 1.29 is 12.9 Å². The zero-order valence-corrected chi connectivity index (χ0v) is 18.4. The van der Waals surface area contributed by atoms with Gasteiger partial charge < -0.3 is 14.7 Å². The van der Waals surface area contributed by atoms with Crippen molar-refractivity contribution in [3.63, 3.8) is 0 Å². The second-order valence-corrected chi connectivity index (χ2v) is 10.7. The molecule has 0 aliphatic carbocycles. The first-order valence-electron chi connectivity index (χ1n) is 9.56. The van der Waals surface area contributed by atoms with E-state index < -0.39 is 14.6 Å². The SMILES string of the molecule is CCNC(=NCCc1nc(-c2ccc(Cl)cc2)no1)N1CCS(=O)(=O)C(C)(C)C1. The highest BCUT2D eigenvalue weighted by molar-refractivity contribution is 7.92. The van der Waals surface area contributed by atoms with Crippen molar-refractivity contribution in [1.82, 2.24) is 20.4 Å². The molecule has 29 heavy (non-hydrogen) atoms. The Bertz CT molecular complexity index is 970. The minimum Gasteiger partial charge on any atom is -0.357 e. The van der Waals surface area contributed by atoms with E-state index in [1.807, 2.05) is 24.0 Å². The van der Waals surface area contributed by atoms with Crippen molar-refractivity contribution in [2.24, 2.45) is 4.99 Å². The lowest BCUT2D eigenvalue weighted by Crippen LogP contribution is -2.57. The van der Waals surface area contributed by atoms with E-state index in [-0.39, 0.29) is 5.75 Å². The number of halogens is 1. The molecule has 3 rings (SSSR count). The van der Waals surface area contributed by atoms with Gasteiger partial charge in [0.15, 0.2) is 15.8 Å². The first-order valence-corrected chi connectivity index (χ1v) is 11.6. The summed E-state index contributed by atoms with van der Waals surface area (Å²) >= 11 is 5.90. The van der Waals surface area contributed by atoms with E-state index in [0.29, 0.717) is 55.3 Å². The maximum atomic E-state index is 12.2. The number of aliphatic imine (C=N–C) groups is 1. The van der Waals surface area contributed by atoms with Crippen LogP contribution in [0.2, 0.25) is 5.02 Å². The summed E-state index contributed by atoms with van der Waals surface area (Å²) in [4.78, 5) is 11.0. The van der Waals surface area contributed by atoms with Gasteiger partial charge in [0.1, 0.15) is 0 Å². The van der Waals surface area contributed by atoms with Crippen molar-refractivity contribution in [3.05, 3.63) is 35.2 Å². The van der Waals surface area contributed by atoms with Crippen LogP contribution in [0, 0.1) is 0 Å². The predicted octanol–water partition coefficient (Wildman–Crippen LogP) is 2.41. The topological polar surface area (TPSA) is 101 Å². The summed E-state index contributed by atoms with van der Waals surface area (Å²) < 4.78 is 29.0. The molecule has 2 heterocycles. The summed E-state index contributed by atoms with van der Waals surface area (Å²) in [6.07, 6.45) is 0.491. The van der Waals surface area contributed by atoms with Gasteiger partial charge in [-0.15, -0.1) is 0 Å². The fourth-order valence-electron chi connectivity index (χ4n) is 3.08. The molecule has 2 aromatic rings. The van der Waals surface area contributed by atoms with Gasteiger partial charge >= 0.3 is 0 Å². The number of hydrogen-bond donors (Lipinski definition) is 1. The van der Waals surface area contributed by atoms with E-state index >= 15 is 0 Å². The summed E-state index contributed by atoms with van der Waals surface area (Å²) in [5.41, 5.74) is 0.831. The Hall–Kier alpha value is -2.13. The van der Waals surface area contributed by atoms with Crippen LogP contribution in [-0.4, -0.2) is 66.1 Å². The zero-order chi connectivity index (χ0) is 21.1. The van der Waals surface area contributed by atoms with Crippen LogP contribution < -0.4 is 5.32 Å². The first kappa shape index (κ1) is 21.6. The highest BCUT2D eigenvalue weighted by Gasteiger charge is 2.40. The van der Waals surface area contributed by atoms with Crippen LogP contribution in [0.15, 0.2) is 33.8 Å². The van der Waals surface area contributed by atoms with Crippen LogP contribution in [0.3, 0.4) is 0 Å². The molecule has 1 aromatic heterocycles. The summed E-state index contributed by atoms with van der Waals surface area (Å²) in [5.74, 6) is 1.83. The van der Waals surface area contributed by atoms with Crippen molar-refractivity contribution in [2.45, 2.75) is 31.9 Å². The molecular formula is C19H26ClN5O3S. The van der Waals surface area contributed by atoms with Crippen molar-refractivity contribution >= 4 is 27.4 Å². The quantitative estimate of drug-likeness (QED) is 0.563. The van der Waals surface area contributed by atoms with Crippen LogP contribution >= 0.6 is 11.6 Å². The molecule has 0 spiro atoms. The average molecular weight is 440 g/mol. The van der Waals surface area contributed by atoms with Crippen molar-refractivity contribution in [2.75, 3.05) is 31.9 Å². The van der Waals surface area contributed by atoms with Crippen molar-refractivity contribution in [1.29, 1.82) is 0 Å². The van der Waals surface area contributed by atoms with Gasteiger partial charge in [0.2, 0.25) is 11.7 Å². The second kappa shape index (κ2) is 8.71. The van der Waals surface area contributed by atoms with E-state index in [1.54, 1.807) is 26.0 Å². The number of benzene rings is 1. The molecular weight excluding hydrogens is 414 g/mol. The molecule has 0 bridgehead atoms. The van der Waals surface area contributed by atoms with Gasteiger partial charge in [0.05, 0.1) is 17.0 Å². The maximum absolute atomic E-state index is 12.2. The number of sulfone groups is 1. The van der Waals surface area contributed by atoms with E-state index in [2.05, 4.69) is 20.4 Å². The zero-order valence-electron chi connectivity index (χ0n) is 16.9. The largest absolute Gasteiger partial charge is 0.357 e. The van der Waals surface area contributed by atoms with E-state index in [4.69, 9.17) is 16.1 Å². The van der Waals surface area contributed by atoms with Gasteiger partial charge in [0.25, 0.3) is 0 Å². The van der Waals surface area contributed by atoms with Crippen LogP contribution in [0.25, 0.3) is 11.4 Å². The molecule has 8 nitrogen and oxygen atoms in total. The number of nitrogens with zero attached hydrogens (tertiary/aromatic N) is 4. The van der Waals surface area contributed by atoms with Gasteiger partial charge in [-0.05, 0) is 45.0 Å². The third-order valence-electron chi connectivity index (χ3n) is 4.84. The third kappa shape index (κ3) is 5.08. The van der Waals surface area contributed by atoms with Crippen LogP contribution in [0.1, 0.15) is 26.7 Å². The fraction of sp³-hybridized carbons (Fsp3) is 0.526. The lowest BCUT2D eigenvalue weighted by molar-refractivity contribution is 0.352. The minimum atomic E-state index is -3.10. The van der Waals surface area contributed by atoms with Gasteiger partial charge in [-0.1, -0.05) is 16.8 Å². The Morgan fingerprint density at radius 1 is 1.34 bits per heavy atom. The normalized spacial score (nSPS) is 18.6. The molecule has 158 valence electrons. The summed E-state index contributed by atoms with van der Waals surface area (Å²) in [5, 5.41) is 7.90. The lowest BCUT2D eigenvalue weighted by Gasteiger charge is -2.39. The van der Waals surface area contributed by atoms with Gasteiger partial charge in [-0.25, -0.2) is 8.42 Å². The Morgan fingerprint density at radius 3 is 2.72 bits per heavy atom. The Morgan fingerprint density at radius 2 is 2.07 bits per heavy atom. The standard InChI is InChI=1S/C19H26ClN5O3S/c1-4-21-18(25-11-12-29(26,27)19(2,3)13-25)22-10-9-16-23-17(24-28-16)14-5-7-15(20)8-6-14/h5-8H,4,9-13H2,1-3H3,(H,21,22). The van der Waals surface area contributed by atoms with Crippen molar-refractivity contribution in [3.8, 4) is 11.4 Å². The van der Waals surface area contributed by atoms with Crippen LogP contribution in [-0.2, 0) is 16.3 Å². The maximum Gasteiger partial charge on any atom is 0.228 e. The molecule has 0 unspecified atom stereocenters. The van der Waals surface area contributed by atoms with E-state index in [0.717, 1.165) is 5.56 Å². The molecule has 1 aromatic carbocycles. The second-order valence-electron chi connectivity index (χ2n) is 7.50. The molecule has 0 atom stereocenters. The molecule has 1 aliphatic rings.